The largest absolute Gasteiger partial charge is 0.370 e. The summed E-state index contributed by atoms with van der Waals surface area (Å²) in [5, 5.41) is 10.1. The molecule has 2 heterocycles. The minimum absolute atomic E-state index is 0.0733. The molecule has 19 heavy (non-hydrogen) atoms. The average Bonchev–Trinajstić information content (AvgIpc) is 2.88. The lowest BCUT2D eigenvalue weighted by molar-refractivity contribution is 0.0951. The lowest BCUT2D eigenvalue weighted by Gasteiger charge is -2.08. The summed E-state index contributed by atoms with van der Waals surface area (Å²) in [5.74, 6) is 0.666. The number of hydrogen-bond donors (Lipinski definition) is 2. The zero-order chi connectivity index (χ0) is 13.7. The van der Waals surface area contributed by atoms with E-state index in [0.717, 1.165) is 23.6 Å². The normalized spacial score (nSPS) is 10.2. The third-order valence-electron chi connectivity index (χ3n) is 2.61. The van der Waals surface area contributed by atoms with Crippen LogP contribution in [0.2, 0.25) is 0 Å². The van der Waals surface area contributed by atoms with E-state index in [-0.39, 0.29) is 5.91 Å². The van der Waals surface area contributed by atoms with E-state index in [1.807, 2.05) is 30.7 Å². The predicted octanol–water partition coefficient (Wildman–Crippen LogP) is 2.81. The number of thiophene rings is 1. The summed E-state index contributed by atoms with van der Waals surface area (Å²) in [4.78, 5) is 16.4. The van der Waals surface area contributed by atoms with E-state index in [4.69, 9.17) is 0 Å². The van der Waals surface area contributed by atoms with Gasteiger partial charge in [-0.05, 0) is 48.4 Å². The molecule has 0 unspecified atom stereocenters. The van der Waals surface area contributed by atoms with Crippen molar-refractivity contribution >= 4 is 23.1 Å². The number of nitrogens with zero attached hydrogens (tertiary/aromatic N) is 1. The smallest absolute Gasteiger partial charge is 0.251 e. The molecule has 0 atom stereocenters. The van der Waals surface area contributed by atoms with Gasteiger partial charge in [0.25, 0.3) is 5.91 Å². The van der Waals surface area contributed by atoms with Gasteiger partial charge in [-0.25, -0.2) is 4.98 Å². The summed E-state index contributed by atoms with van der Waals surface area (Å²) in [6, 6.07) is 5.58. The van der Waals surface area contributed by atoms with Gasteiger partial charge in [0.2, 0.25) is 0 Å². The Morgan fingerprint density at radius 2 is 2.26 bits per heavy atom. The molecule has 0 saturated heterocycles. The number of hydrogen-bond acceptors (Lipinski definition) is 4. The summed E-state index contributed by atoms with van der Waals surface area (Å²) in [7, 11) is 0. The molecular weight excluding hydrogens is 258 g/mol. The Balaban J connectivity index is 2.05. The standard InChI is InChI=1S/C14H17N3OS/c1-3-15-13-7-12(6-10(2)17-13)14(18)16-8-11-4-5-19-9-11/h4-7,9H,3,8H2,1-2H3,(H,15,17)(H,16,18). The third-order valence-corrected chi connectivity index (χ3v) is 3.34. The summed E-state index contributed by atoms with van der Waals surface area (Å²) in [5.41, 5.74) is 2.59. The molecule has 4 nitrogen and oxygen atoms in total. The van der Waals surface area contributed by atoms with Gasteiger partial charge in [0.15, 0.2) is 0 Å². The molecule has 0 radical (unpaired) electrons. The Hall–Kier alpha value is -1.88. The van der Waals surface area contributed by atoms with Gasteiger partial charge < -0.3 is 10.6 Å². The molecule has 2 aromatic rings. The number of amides is 1. The molecule has 0 aliphatic carbocycles. The summed E-state index contributed by atoms with van der Waals surface area (Å²) >= 11 is 1.63. The van der Waals surface area contributed by atoms with E-state index in [1.165, 1.54) is 0 Å². The fourth-order valence-corrected chi connectivity index (χ4v) is 2.42. The minimum atomic E-state index is -0.0733. The van der Waals surface area contributed by atoms with Crippen LogP contribution in [0, 0.1) is 6.92 Å². The molecule has 2 aromatic heterocycles. The maximum Gasteiger partial charge on any atom is 0.251 e. The summed E-state index contributed by atoms with van der Waals surface area (Å²) in [6.07, 6.45) is 0. The van der Waals surface area contributed by atoms with Crippen LogP contribution >= 0.6 is 11.3 Å². The Morgan fingerprint density at radius 1 is 1.42 bits per heavy atom. The van der Waals surface area contributed by atoms with Crippen LogP contribution in [0.25, 0.3) is 0 Å². The first-order chi connectivity index (χ1) is 9.19. The maximum atomic E-state index is 12.1. The topological polar surface area (TPSA) is 54.0 Å². The second-order valence-electron chi connectivity index (χ2n) is 4.23. The average molecular weight is 275 g/mol. The number of nitrogens with one attached hydrogen (secondary N) is 2. The van der Waals surface area contributed by atoms with E-state index in [1.54, 1.807) is 23.5 Å². The lowest BCUT2D eigenvalue weighted by atomic mass is 10.2. The van der Waals surface area contributed by atoms with Gasteiger partial charge in [0.05, 0.1) is 0 Å². The first-order valence-electron chi connectivity index (χ1n) is 6.21. The quantitative estimate of drug-likeness (QED) is 0.882. The molecule has 5 heteroatoms. The second kappa shape index (κ2) is 6.33. The molecule has 0 aliphatic heterocycles. The van der Waals surface area contributed by atoms with Crippen molar-refractivity contribution in [2.45, 2.75) is 20.4 Å². The highest BCUT2D eigenvalue weighted by atomic mass is 32.1. The predicted molar refractivity (Wildman–Crippen MR) is 78.6 cm³/mol. The van der Waals surface area contributed by atoms with Crippen molar-refractivity contribution in [3.05, 3.63) is 45.8 Å². The van der Waals surface area contributed by atoms with Crippen molar-refractivity contribution in [2.24, 2.45) is 0 Å². The Labute approximate surface area is 116 Å². The zero-order valence-electron chi connectivity index (χ0n) is 11.1. The molecule has 0 aromatic carbocycles. The van der Waals surface area contributed by atoms with E-state index < -0.39 is 0 Å². The van der Waals surface area contributed by atoms with Gasteiger partial charge in [-0.3, -0.25) is 4.79 Å². The molecule has 1 amide bonds. The second-order valence-corrected chi connectivity index (χ2v) is 5.01. The molecule has 0 bridgehead atoms. The molecule has 0 saturated carbocycles. The number of pyridine rings is 1. The number of anilines is 1. The van der Waals surface area contributed by atoms with Crippen LogP contribution in [0.3, 0.4) is 0 Å². The molecule has 2 rings (SSSR count). The van der Waals surface area contributed by atoms with Crippen LogP contribution in [0.15, 0.2) is 29.0 Å². The van der Waals surface area contributed by atoms with E-state index >= 15 is 0 Å². The summed E-state index contributed by atoms with van der Waals surface area (Å²) < 4.78 is 0. The van der Waals surface area contributed by atoms with Crippen molar-refractivity contribution in [1.82, 2.24) is 10.3 Å². The van der Waals surface area contributed by atoms with E-state index in [0.29, 0.717) is 12.1 Å². The number of aryl methyl sites for hydroxylation is 1. The van der Waals surface area contributed by atoms with Gasteiger partial charge in [-0.1, -0.05) is 0 Å². The van der Waals surface area contributed by atoms with Crippen molar-refractivity contribution < 1.29 is 4.79 Å². The highest BCUT2D eigenvalue weighted by Crippen LogP contribution is 2.11. The number of carbonyl (C=O) groups excluding carboxylic acids is 1. The highest BCUT2D eigenvalue weighted by Gasteiger charge is 2.08. The Morgan fingerprint density at radius 3 is 2.95 bits per heavy atom. The molecule has 100 valence electrons. The van der Waals surface area contributed by atoms with Gasteiger partial charge in [0, 0.05) is 24.3 Å². The molecule has 0 aliphatic rings. The molecular formula is C14H17N3OS. The molecule has 0 fully saturated rings. The van der Waals surface area contributed by atoms with Crippen LogP contribution in [0.1, 0.15) is 28.5 Å². The van der Waals surface area contributed by atoms with Crippen molar-refractivity contribution in [3.63, 3.8) is 0 Å². The Kier molecular flexibility index (Phi) is 4.52. The van der Waals surface area contributed by atoms with E-state index in [9.17, 15) is 4.79 Å². The third kappa shape index (κ3) is 3.79. The SMILES string of the molecule is CCNc1cc(C(=O)NCc2ccsc2)cc(C)n1. The monoisotopic (exact) mass is 275 g/mol. The van der Waals surface area contributed by atoms with Crippen molar-refractivity contribution in [1.29, 1.82) is 0 Å². The maximum absolute atomic E-state index is 12.1. The van der Waals surface area contributed by atoms with E-state index in [2.05, 4.69) is 15.6 Å². The van der Waals surface area contributed by atoms with Gasteiger partial charge >= 0.3 is 0 Å². The Bertz CT molecular complexity index is 552. The van der Waals surface area contributed by atoms with Crippen LogP contribution in [0.4, 0.5) is 5.82 Å². The molecule has 0 spiro atoms. The van der Waals surface area contributed by atoms with Crippen LogP contribution in [0.5, 0.6) is 0 Å². The lowest BCUT2D eigenvalue weighted by Crippen LogP contribution is -2.23. The van der Waals surface area contributed by atoms with Crippen molar-refractivity contribution in [2.75, 3.05) is 11.9 Å². The van der Waals surface area contributed by atoms with Gasteiger partial charge in [-0.15, -0.1) is 0 Å². The van der Waals surface area contributed by atoms with Crippen molar-refractivity contribution in [3.8, 4) is 0 Å². The first kappa shape index (κ1) is 13.5. The summed E-state index contributed by atoms with van der Waals surface area (Å²) in [6.45, 7) is 5.23. The number of rotatable bonds is 5. The first-order valence-corrected chi connectivity index (χ1v) is 7.15. The number of carbonyl (C=O) groups is 1. The van der Waals surface area contributed by atoms with Gasteiger partial charge in [-0.2, -0.15) is 11.3 Å². The fourth-order valence-electron chi connectivity index (χ4n) is 1.75. The fraction of sp³-hybridized carbons (Fsp3) is 0.286. The van der Waals surface area contributed by atoms with Crippen LogP contribution < -0.4 is 10.6 Å². The molecule has 2 N–H and O–H groups in total. The highest BCUT2D eigenvalue weighted by molar-refractivity contribution is 7.07. The van der Waals surface area contributed by atoms with Crippen LogP contribution in [-0.4, -0.2) is 17.4 Å². The zero-order valence-corrected chi connectivity index (χ0v) is 11.9. The number of aromatic nitrogens is 1. The van der Waals surface area contributed by atoms with Crippen LogP contribution in [-0.2, 0) is 6.54 Å². The minimum Gasteiger partial charge on any atom is -0.370 e. The van der Waals surface area contributed by atoms with Gasteiger partial charge in [0.1, 0.15) is 5.82 Å².